The molecule has 0 radical (unpaired) electrons. The lowest BCUT2D eigenvalue weighted by Crippen LogP contribution is -2.28. The summed E-state index contributed by atoms with van der Waals surface area (Å²) in [6.07, 6.45) is 10.8. The molecule has 2 aromatic carbocycles. The van der Waals surface area contributed by atoms with Gasteiger partial charge in [0.25, 0.3) is 0 Å². The highest BCUT2D eigenvalue weighted by atomic mass is 16.3. The van der Waals surface area contributed by atoms with Crippen molar-refractivity contribution in [2.24, 2.45) is 11.8 Å². The van der Waals surface area contributed by atoms with Crippen LogP contribution in [0.25, 0.3) is 5.57 Å². The standard InChI is InChI=1S/C26H26O2/c27-23-14-11-21(12-15-23)24-16-13-22(20-9-5-2-6-10-20)18-25(24)26(28)17-19-7-3-1-4-8-19/h1-12,14,18,23-25,27H,13,15-17H2. The van der Waals surface area contributed by atoms with E-state index in [0.717, 1.165) is 18.4 Å². The highest BCUT2D eigenvalue weighted by Gasteiger charge is 2.32. The van der Waals surface area contributed by atoms with E-state index in [4.69, 9.17) is 0 Å². The topological polar surface area (TPSA) is 37.3 Å². The van der Waals surface area contributed by atoms with Gasteiger partial charge in [-0.1, -0.05) is 85.0 Å². The quantitative estimate of drug-likeness (QED) is 0.790. The van der Waals surface area contributed by atoms with E-state index < -0.39 is 6.10 Å². The van der Waals surface area contributed by atoms with E-state index in [9.17, 15) is 9.90 Å². The second-order valence-electron chi connectivity index (χ2n) is 7.72. The average molecular weight is 370 g/mol. The largest absolute Gasteiger partial charge is 0.389 e. The molecule has 3 atom stereocenters. The van der Waals surface area contributed by atoms with Gasteiger partial charge in [0.15, 0.2) is 0 Å². The zero-order valence-corrected chi connectivity index (χ0v) is 16.0. The number of aliphatic hydroxyl groups excluding tert-OH is 1. The number of carbonyl (C=O) groups is 1. The normalized spacial score (nSPS) is 24.4. The van der Waals surface area contributed by atoms with Gasteiger partial charge < -0.3 is 5.11 Å². The van der Waals surface area contributed by atoms with E-state index in [0.29, 0.717) is 12.8 Å². The molecule has 2 aromatic rings. The summed E-state index contributed by atoms with van der Waals surface area (Å²) in [5, 5.41) is 9.78. The van der Waals surface area contributed by atoms with Crippen molar-refractivity contribution in [3.63, 3.8) is 0 Å². The maximum Gasteiger partial charge on any atom is 0.144 e. The van der Waals surface area contributed by atoms with Crippen molar-refractivity contribution < 1.29 is 9.90 Å². The third-order valence-electron chi connectivity index (χ3n) is 5.81. The lowest BCUT2D eigenvalue weighted by Gasteiger charge is -2.32. The molecular formula is C26H26O2. The van der Waals surface area contributed by atoms with Crippen LogP contribution in [0.5, 0.6) is 0 Å². The van der Waals surface area contributed by atoms with Crippen molar-refractivity contribution in [1.29, 1.82) is 0 Å². The number of Topliss-reactive ketones (excluding diaryl/α,β-unsaturated/α-hetero) is 1. The predicted octanol–water partition coefficient (Wildman–Crippen LogP) is 5.16. The first-order valence-corrected chi connectivity index (χ1v) is 10.1. The summed E-state index contributed by atoms with van der Waals surface area (Å²) in [5.74, 6) is 0.326. The Morgan fingerprint density at radius 3 is 2.39 bits per heavy atom. The number of rotatable bonds is 5. The van der Waals surface area contributed by atoms with Crippen molar-refractivity contribution in [3.8, 4) is 0 Å². The zero-order chi connectivity index (χ0) is 19.3. The van der Waals surface area contributed by atoms with Gasteiger partial charge in [-0.05, 0) is 47.5 Å². The second-order valence-corrected chi connectivity index (χ2v) is 7.72. The number of allylic oxidation sites excluding steroid dienone is 4. The van der Waals surface area contributed by atoms with Crippen molar-refractivity contribution in [3.05, 3.63) is 102 Å². The van der Waals surface area contributed by atoms with Crippen LogP contribution in [0.1, 0.15) is 30.4 Å². The SMILES string of the molecule is O=C(Cc1ccccc1)C1C=C(c2ccccc2)CCC1C1=CCC(O)C=C1. The third-order valence-corrected chi connectivity index (χ3v) is 5.81. The fraction of sp³-hybridized carbons (Fsp3) is 0.269. The molecule has 4 rings (SSSR count). The molecule has 0 saturated heterocycles. The Kier molecular flexibility index (Phi) is 5.68. The summed E-state index contributed by atoms with van der Waals surface area (Å²) in [6.45, 7) is 0. The number of carbonyl (C=O) groups excluding carboxylic acids is 1. The van der Waals surface area contributed by atoms with Crippen LogP contribution in [0.2, 0.25) is 0 Å². The minimum Gasteiger partial charge on any atom is -0.389 e. The summed E-state index contributed by atoms with van der Waals surface area (Å²) >= 11 is 0. The average Bonchev–Trinajstić information content (AvgIpc) is 2.75. The smallest absolute Gasteiger partial charge is 0.144 e. The Hall–Kier alpha value is -2.71. The van der Waals surface area contributed by atoms with E-state index in [1.54, 1.807) is 0 Å². The van der Waals surface area contributed by atoms with Crippen molar-refractivity contribution >= 4 is 11.4 Å². The van der Waals surface area contributed by atoms with Gasteiger partial charge in [0.2, 0.25) is 0 Å². The van der Waals surface area contributed by atoms with Crippen LogP contribution in [0.15, 0.2) is 90.5 Å². The molecule has 0 spiro atoms. The molecule has 2 aliphatic rings. The van der Waals surface area contributed by atoms with Crippen LogP contribution in [-0.4, -0.2) is 17.0 Å². The minimum absolute atomic E-state index is 0.129. The van der Waals surface area contributed by atoms with Gasteiger partial charge >= 0.3 is 0 Å². The maximum absolute atomic E-state index is 13.3. The molecular weight excluding hydrogens is 344 g/mol. The van der Waals surface area contributed by atoms with Gasteiger partial charge in [0.05, 0.1) is 6.10 Å². The maximum atomic E-state index is 13.3. The summed E-state index contributed by atoms with van der Waals surface area (Å²) in [6, 6.07) is 20.4. The van der Waals surface area contributed by atoms with E-state index >= 15 is 0 Å². The number of hydrogen-bond acceptors (Lipinski definition) is 2. The summed E-state index contributed by atoms with van der Waals surface area (Å²) < 4.78 is 0. The molecule has 0 amide bonds. The first kappa shape index (κ1) is 18.6. The summed E-state index contributed by atoms with van der Waals surface area (Å²) in [7, 11) is 0. The first-order chi connectivity index (χ1) is 13.7. The molecule has 3 unspecified atom stereocenters. The van der Waals surface area contributed by atoms with Gasteiger partial charge in [0, 0.05) is 12.3 Å². The van der Waals surface area contributed by atoms with Crippen LogP contribution in [0.4, 0.5) is 0 Å². The molecule has 0 fully saturated rings. The fourth-order valence-electron chi connectivity index (χ4n) is 4.31. The number of ketones is 1. The Labute approximate surface area is 166 Å². The van der Waals surface area contributed by atoms with E-state index in [1.165, 1.54) is 16.7 Å². The van der Waals surface area contributed by atoms with Crippen LogP contribution in [0.3, 0.4) is 0 Å². The Morgan fingerprint density at radius 1 is 1.00 bits per heavy atom. The predicted molar refractivity (Wildman–Crippen MR) is 114 cm³/mol. The molecule has 2 nitrogen and oxygen atoms in total. The van der Waals surface area contributed by atoms with Gasteiger partial charge in [-0.25, -0.2) is 0 Å². The number of aliphatic hydroxyl groups is 1. The monoisotopic (exact) mass is 370 g/mol. The molecule has 0 bridgehead atoms. The van der Waals surface area contributed by atoms with E-state index in [1.807, 2.05) is 48.6 Å². The van der Waals surface area contributed by atoms with Crippen molar-refractivity contribution in [1.82, 2.24) is 0 Å². The Morgan fingerprint density at radius 2 is 1.71 bits per heavy atom. The molecule has 0 heterocycles. The van der Waals surface area contributed by atoms with Crippen LogP contribution < -0.4 is 0 Å². The van der Waals surface area contributed by atoms with E-state index in [-0.39, 0.29) is 17.6 Å². The van der Waals surface area contributed by atoms with E-state index in [2.05, 4.69) is 36.4 Å². The van der Waals surface area contributed by atoms with Gasteiger partial charge in [-0.3, -0.25) is 4.79 Å². The highest BCUT2D eigenvalue weighted by molar-refractivity contribution is 5.88. The number of benzene rings is 2. The second kappa shape index (κ2) is 8.53. The van der Waals surface area contributed by atoms with Crippen molar-refractivity contribution in [2.45, 2.75) is 31.8 Å². The Bertz CT molecular complexity index is 906. The lowest BCUT2D eigenvalue weighted by molar-refractivity contribution is -0.122. The summed E-state index contributed by atoms with van der Waals surface area (Å²) in [4.78, 5) is 13.3. The third kappa shape index (κ3) is 4.23. The number of hydrogen-bond donors (Lipinski definition) is 1. The molecule has 2 heteroatoms. The van der Waals surface area contributed by atoms with Gasteiger partial charge in [0.1, 0.15) is 5.78 Å². The molecule has 1 N–H and O–H groups in total. The Balaban J connectivity index is 1.64. The molecule has 0 saturated carbocycles. The zero-order valence-electron chi connectivity index (χ0n) is 16.0. The van der Waals surface area contributed by atoms with Crippen LogP contribution >= 0.6 is 0 Å². The molecule has 0 aromatic heterocycles. The summed E-state index contributed by atoms with van der Waals surface area (Å²) in [5.41, 5.74) is 4.74. The van der Waals surface area contributed by atoms with Crippen LogP contribution in [-0.2, 0) is 11.2 Å². The van der Waals surface area contributed by atoms with Crippen LogP contribution in [0, 0.1) is 11.8 Å². The van der Waals surface area contributed by atoms with Crippen molar-refractivity contribution in [2.75, 3.05) is 0 Å². The highest BCUT2D eigenvalue weighted by Crippen LogP contribution is 2.40. The molecule has 2 aliphatic carbocycles. The lowest BCUT2D eigenvalue weighted by atomic mass is 9.71. The first-order valence-electron chi connectivity index (χ1n) is 10.1. The van der Waals surface area contributed by atoms with Gasteiger partial charge in [-0.15, -0.1) is 0 Å². The molecule has 0 aliphatic heterocycles. The molecule has 28 heavy (non-hydrogen) atoms. The molecule has 142 valence electrons. The fourth-order valence-corrected chi connectivity index (χ4v) is 4.31. The minimum atomic E-state index is -0.402. The van der Waals surface area contributed by atoms with Gasteiger partial charge in [-0.2, -0.15) is 0 Å².